The fraction of sp³-hybridized carbons (Fsp3) is 0.500. The number of aromatic nitrogens is 3. The number of carbonyl (C=O) groups is 1. The van der Waals surface area contributed by atoms with E-state index in [1.807, 2.05) is 26.0 Å². The second kappa shape index (κ2) is 5.95. The molecule has 0 aliphatic carbocycles. The lowest BCUT2D eigenvalue weighted by Gasteiger charge is -1.98. The number of nitrogens with one attached hydrogen (secondary N) is 2. The minimum absolute atomic E-state index is 0.215. The van der Waals surface area contributed by atoms with Crippen LogP contribution in [0.5, 0.6) is 0 Å². The van der Waals surface area contributed by atoms with Crippen molar-refractivity contribution >= 4 is 5.91 Å². The van der Waals surface area contributed by atoms with Crippen LogP contribution in [0, 0.1) is 0 Å². The van der Waals surface area contributed by atoms with Crippen LogP contribution in [-0.4, -0.2) is 27.6 Å². The van der Waals surface area contributed by atoms with Crippen LogP contribution >= 0.6 is 0 Å². The molecule has 0 saturated carbocycles. The summed E-state index contributed by atoms with van der Waals surface area (Å²) in [5, 5.41) is 9.26. The first-order chi connectivity index (χ1) is 7.27. The minimum Gasteiger partial charge on any atom is -0.349 e. The van der Waals surface area contributed by atoms with Crippen LogP contribution in [0.3, 0.4) is 0 Å². The maximum atomic E-state index is 11.5. The van der Waals surface area contributed by atoms with Gasteiger partial charge in [-0.25, -0.2) is 4.98 Å². The number of carbonyl (C=O) groups excluding carboxylic acids is 1. The van der Waals surface area contributed by atoms with E-state index in [0.717, 1.165) is 18.7 Å². The molecule has 0 aliphatic rings. The second-order valence-electron chi connectivity index (χ2n) is 3.07. The highest BCUT2D eigenvalue weighted by Gasteiger charge is 2.10. The molecule has 0 saturated heterocycles. The molecular weight excluding hydrogens is 192 g/mol. The number of H-pyrrole nitrogens is 1. The summed E-state index contributed by atoms with van der Waals surface area (Å²) in [5.74, 6) is 0.719. The molecule has 0 fully saturated rings. The normalized spacial score (nSPS) is 10.8. The molecule has 82 valence electrons. The van der Waals surface area contributed by atoms with Gasteiger partial charge in [0.25, 0.3) is 5.91 Å². The number of hydrogen-bond donors (Lipinski definition) is 2. The minimum atomic E-state index is -0.226. The number of aryl methyl sites for hydroxylation is 1. The highest BCUT2D eigenvalue weighted by atomic mass is 16.2. The van der Waals surface area contributed by atoms with E-state index in [-0.39, 0.29) is 11.7 Å². The second-order valence-corrected chi connectivity index (χ2v) is 3.07. The summed E-state index contributed by atoms with van der Waals surface area (Å²) in [6.45, 7) is 4.51. The van der Waals surface area contributed by atoms with Crippen molar-refractivity contribution in [1.82, 2.24) is 20.5 Å². The standard InChI is InChI=1S/C10H16N4O/c1-3-5-6-7-11-10(15)9-12-8(4-2)13-14-9/h3,5H,4,6-7H2,1-2H3,(H,11,15)(H,12,13,14)/b5-3+. The van der Waals surface area contributed by atoms with Crippen molar-refractivity contribution in [2.45, 2.75) is 26.7 Å². The number of allylic oxidation sites excluding steroid dienone is 1. The lowest BCUT2D eigenvalue weighted by atomic mass is 10.4. The first-order valence-corrected chi connectivity index (χ1v) is 5.08. The molecule has 0 spiro atoms. The Morgan fingerprint density at radius 2 is 2.40 bits per heavy atom. The summed E-state index contributed by atoms with van der Waals surface area (Å²) in [5.41, 5.74) is 0. The zero-order valence-corrected chi connectivity index (χ0v) is 9.08. The molecule has 1 amide bonds. The van der Waals surface area contributed by atoms with Crippen molar-refractivity contribution in [2.24, 2.45) is 0 Å². The summed E-state index contributed by atoms with van der Waals surface area (Å²) in [4.78, 5) is 15.5. The van der Waals surface area contributed by atoms with E-state index in [0.29, 0.717) is 6.54 Å². The number of rotatable bonds is 5. The summed E-state index contributed by atoms with van der Waals surface area (Å²) in [6.07, 6.45) is 5.52. The molecule has 0 unspecified atom stereocenters. The molecule has 1 aromatic rings. The molecule has 2 N–H and O–H groups in total. The fourth-order valence-corrected chi connectivity index (χ4v) is 1.07. The van der Waals surface area contributed by atoms with Gasteiger partial charge in [-0.1, -0.05) is 19.1 Å². The van der Waals surface area contributed by atoms with Gasteiger partial charge in [0.2, 0.25) is 5.82 Å². The Hall–Kier alpha value is -1.65. The van der Waals surface area contributed by atoms with E-state index in [1.54, 1.807) is 0 Å². The van der Waals surface area contributed by atoms with Crippen LogP contribution in [0.25, 0.3) is 0 Å². The van der Waals surface area contributed by atoms with Gasteiger partial charge in [0.15, 0.2) is 0 Å². The van der Waals surface area contributed by atoms with E-state index in [4.69, 9.17) is 0 Å². The Labute approximate surface area is 89.0 Å². The van der Waals surface area contributed by atoms with Crippen molar-refractivity contribution < 1.29 is 4.79 Å². The third-order valence-electron chi connectivity index (χ3n) is 1.90. The molecule has 0 bridgehead atoms. The number of aromatic amines is 1. The smallest absolute Gasteiger partial charge is 0.290 e. The third kappa shape index (κ3) is 3.53. The van der Waals surface area contributed by atoms with Gasteiger partial charge >= 0.3 is 0 Å². The molecule has 1 rings (SSSR count). The highest BCUT2D eigenvalue weighted by molar-refractivity contribution is 5.90. The first kappa shape index (κ1) is 11.4. The molecule has 0 atom stereocenters. The predicted octanol–water partition coefficient (Wildman–Crippen LogP) is 1.06. The monoisotopic (exact) mass is 208 g/mol. The molecule has 15 heavy (non-hydrogen) atoms. The van der Waals surface area contributed by atoms with E-state index in [1.165, 1.54) is 0 Å². The van der Waals surface area contributed by atoms with Crippen LogP contribution in [0.1, 0.15) is 36.7 Å². The SMILES string of the molecule is C/C=C/CCNC(=O)c1n[nH]c(CC)n1. The molecule has 5 nitrogen and oxygen atoms in total. The van der Waals surface area contributed by atoms with Gasteiger partial charge in [-0.2, -0.15) is 0 Å². The van der Waals surface area contributed by atoms with Crippen molar-refractivity contribution in [1.29, 1.82) is 0 Å². The molecule has 0 aliphatic heterocycles. The average molecular weight is 208 g/mol. The van der Waals surface area contributed by atoms with Gasteiger partial charge in [0.1, 0.15) is 5.82 Å². The van der Waals surface area contributed by atoms with Gasteiger partial charge in [0, 0.05) is 13.0 Å². The van der Waals surface area contributed by atoms with Crippen LogP contribution in [-0.2, 0) is 6.42 Å². The summed E-state index contributed by atoms with van der Waals surface area (Å²) in [7, 11) is 0. The van der Waals surface area contributed by atoms with Gasteiger partial charge < -0.3 is 5.32 Å². The summed E-state index contributed by atoms with van der Waals surface area (Å²) in [6, 6.07) is 0. The Morgan fingerprint density at radius 1 is 1.60 bits per heavy atom. The molecule has 0 aromatic carbocycles. The largest absolute Gasteiger partial charge is 0.349 e. The van der Waals surface area contributed by atoms with Gasteiger partial charge in [-0.3, -0.25) is 9.89 Å². The highest BCUT2D eigenvalue weighted by Crippen LogP contribution is 1.93. The maximum Gasteiger partial charge on any atom is 0.290 e. The van der Waals surface area contributed by atoms with E-state index in [9.17, 15) is 4.79 Å². The number of nitrogens with zero attached hydrogens (tertiary/aromatic N) is 2. The topological polar surface area (TPSA) is 70.7 Å². The van der Waals surface area contributed by atoms with Crippen molar-refractivity contribution in [3.8, 4) is 0 Å². The number of amides is 1. The van der Waals surface area contributed by atoms with Crippen LogP contribution in [0.2, 0.25) is 0 Å². The Kier molecular flexibility index (Phi) is 4.53. The van der Waals surface area contributed by atoms with Gasteiger partial charge in [-0.15, -0.1) is 5.10 Å². The Bertz CT molecular complexity index is 343. The molecule has 1 heterocycles. The zero-order chi connectivity index (χ0) is 11.1. The van der Waals surface area contributed by atoms with Crippen molar-refractivity contribution in [3.63, 3.8) is 0 Å². The molecule has 1 aromatic heterocycles. The quantitative estimate of drug-likeness (QED) is 0.561. The Morgan fingerprint density at radius 3 is 3.00 bits per heavy atom. The van der Waals surface area contributed by atoms with Crippen LogP contribution in [0.4, 0.5) is 0 Å². The summed E-state index contributed by atoms with van der Waals surface area (Å²) < 4.78 is 0. The van der Waals surface area contributed by atoms with Crippen molar-refractivity contribution in [3.05, 3.63) is 23.8 Å². The maximum absolute atomic E-state index is 11.5. The number of hydrogen-bond acceptors (Lipinski definition) is 3. The summed E-state index contributed by atoms with van der Waals surface area (Å²) >= 11 is 0. The average Bonchev–Trinajstić information content (AvgIpc) is 2.72. The first-order valence-electron chi connectivity index (χ1n) is 5.08. The van der Waals surface area contributed by atoms with Crippen LogP contribution < -0.4 is 5.32 Å². The van der Waals surface area contributed by atoms with Gasteiger partial charge in [0.05, 0.1) is 0 Å². The molecule has 5 heteroatoms. The lowest BCUT2D eigenvalue weighted by molar-refractivity contribution is 0.0944. The van der Waals surface area contributed by atoms with E-state index in [2.05, 4.69) is 20.5 Å². The molecule has 0 radical (unpaired) electrons. The Balaban J connectivity index is 2.39. The van der Waals surface area contributed by atoms with Crippen LogP contribution in [0.15, 0.2) is 12.2 Å². The molecular formula is C10H16N4O. The van der Waals surface area contributed by atoms with Crippen molar-refractivity contribution in [2.75, 3.05) is 6.54 Å². The lowest BCUT2D eigenvalue weighted by Crippen LogP contribution is -2.25. The van der Waals surface area contributed by atoms with Gasteiger partial charge in [-0.05, 0) is 13.3 Å². The van der Waals surface area contributed by atoms with E-state index >= 15 is 0 Å². The zero-order valence-electron chi connectivity index (χ0n) is 9.08. The van der Waals surface area contributed by atoms with E-state index < -0.39 is 0 Å². The fourth-order valence-electron chi connectivity index (χ4n) is 1.07. The predicted molar refractivity (Wildman–Crippen MR) is 57.5 cm³/mol. The third-order valence-corrected chi connectivity index (χ3v) is 1.90.